The van der Waals surface area contributed by atoms with Gasteiger partial charge < -0.3 is 5.32 Å². The molecule has 1 amide bonds. The number of carbonyl (C=O) groups is 1. The second-order valence-corrected chi connectivity index (χ2v) is 4.37. The third-order valence-corrected chi connectivity index (χ3v) is 1.81. The SMILES string of the molecule is Bc1cccc(NC(=O)C(C)(C)C)n1. The van der Waals surface area contributed by atoms with Gasteiger partial charge in [-0.3, -0.25) is 4.79 Å². The van der Waals surface area contributed by atoms with Crippen LogP contribution < -0.4 is 10.9 Å². The summed E-state index contributed by atoms with van der Waals surface area (Å²) in [6.45, 7) is 5.62. The molecule has 0 bridgehead atoms. The van der Waals surface area contributed by atoms with Crippen LogP contribution in [0.25, 0.3) is 0 Å². The number of nitrogens with zero attached hydrogens (tertiary/aromatic N) is 1. The summed E-state index contributed by atoms with van der Waals surface area (Å²) in [5, 5.41) is 2.77. The minimum absolute atomic E-state index is 0.0180. The molecular weight excluding hydrogens is 175 g/mol. The molecule has 74 valence electrons. The molecule has 0 saturated carbocycles. The van der Waals surface area contributed by atoms with E-state index in [1.807, 2.05) is 40.8 Å². The summed E-state index contributed by atoms with van der Waals surface area (Å²) >= 11 is 0. The number of rotatable bonds is 1. The summed E-state index contributed by atoms with van der Waals surface area (Å²) in [4.78, 5) is 15.8. The molecule has 0 radical (unpaired) electrons. The zero-order valence-electron chi connectivity index (χ0n) is 9.09. The molecule has 1 N–H and O–H groups in total. The first-order valence-corrected chi connectivity index (χ1v) is 4.65. The molecule has 0 aliphatic heterocycles. The highest BCUT2D eigenvalue weighted by Crippen LogP contribution is 2.15. The number of hydrogen-bond acceptors (Lipinski definition) is 2. The van der Waals surface area contributed by atoms with Crippen molar-refractivity contribution < 1.29 is 4.79 Å². The Morgan fingerprint density at radius 1 is 1.43 bits per heavy atom. The largest absolute Gasteiger partial charge is 0.310 e. The van der Waals surface area contributed by atoms with Gasteiger partial charge in [-0.1, -0.05) is 32.9 Å². The molecule has 0 unspecified atom stereocenters. The van der Waals surface area contributed by atoms with Crippen LogP contribution in [0.15, 0.2) is 18.2 Å². The third kappa shape index (κ3) is 2.87. The highest BCUT2D eigenvalue weighted by molar-refractivity contribution is 6.30. The van der Waals surface area contributed by atoms with Crippen molar-refractivity contribution in [3.05, 3.63) is 18.2 Å². The Morgan fingerprint density at radius 2 is 2.07 bits per heavy atom. The van der Waals surface area contributed by atoms with Crippen molar-refractivity contribution >= 4 is 25.2 Å². The first-order chi connectivity index (χ1) is 6.39. The fourth-order valence-corrected chi connectivity index (χ4v) is 0.916. The topological polar surface area (TPSA) is 42.0 Å². The molecule has 0 spiro atoms. The lowest BCUT2D eigenvalue weighted by atomic mass is 9.96. The Kier molecular flexibility index (Phi) is 2.94. The number of nitrogens with one attached hydrogen (secondary N) is 1. The molecule has 14 heavy (non-hydrogen) atoms. The summed E-state index contributed by atoms with van der Waals surface area (Å²) in [6, 6.07) is 5.56. The van der Waals surface area contributed by atoms with Crippen molar-refractivity contribution in [3.8, 4) is 0 Å². The summed E-state index contributed by atoms with van der Waals surface area (Å²) in [6.07, 6.45) is 0. The Balaban J connectivity index is 2.75. The van der Waals surface area contributed by atoms with Crippen molar-refractivity contribution in [3.63, 3.8) is 0 Å². The Morgan fingerprint density at radius 3 is 2.57 bits per heavy atom. The monoisotopic (exact) mass is 190 g/mol. The van der Waals surface area contributed by atoms with E-state index in [0.29, 0.717) is 5.82 Å². The van der Waals surface area contributed by atoms with E-state index in [1.165, 1.54) is 0 Å². The maximum atomic E-state index is 11.6. The van der Waals surface area contributed by atoms with E-state index in [9.17, 15) is 4.79 Å². The van der Waals surface area contributed by atoms with Crippen molar-refractivity contribution in [2.24, 2.45) is 5.41 Å². The van der Waals surface area contributed by atoms with Gasteiger partial charge in [-0.25, -0.2) is 4.98 Å². The summed E-state index contributed by atoms with van der Waals surface area (Å²) in [7, 11) is 1.90. The summed E-state index contributed by atoms with van der Waals surface area (Å²) < 4.78 is 0. The van der Waals surface area contributed by atoms with Gasteiger partial charge in [0.15, 0.2) is 7.85 Å². The quantitative estimate of drug-likeness (QED) is 0.648. The number of pyridine rings is 1. The van der Waals surface area contributed by atoms with E-state index >= 15 is 0 Å². The van der Waals surface area contributed by atoms with Gasteiger partial charge in [-0.15, -0.1) is 0 Å². The molecule has 0 aliphatic rings. The molecule has 0 fully saturated rings. The van der Waals surface area contributed by atoms with E-state index in [2.05, 4.69) is 10.3 Å². The Labute approximate surface area is 85.3 Å². The number of amides is 1. The lowest BCUT2D eigenvalue weighted by molar-refractivity contribution is -0.123. The summed E-state index contributed by atoms with van der Waals surface area (Å²) in [5.41, 5.74) is 0.516. The fraction of sp³-hybridized carbons (Fsp3) is 0.400. The predicted molar refractivity (Wildman–Crippen MR) is 60.5 cm³/mol. The molecule has 0 atom stereocenters. The van der Waals surface area contributed by atoms with Crippen LogP contribution in [0, 0.1) is 5.41 Å². The second-order valence-electron chi connectivity index (χ2n) is 4.37. The molecule has 1 aromatic rings. The Hall–Kier alpha value is -1.32. The first-order valence-electron chi connectivity index (χ1n) is 4.65. The van der Waals surface area contributed by atoms with Gasteiger partial charge in [0, 0.05) is 5.41 Å². The highest BCUT2D eigenvalue weighted by Gasteiger charge is 2.21. The van der Waals surface area contributed by atoms with Gasteiger partial charge in [0.1, 0.15) is 5.82 Å². The molecule has 3 nitrogen and oxygen atoms in total. The van der Waals surface area contributed by atoms with Gasteiger partial charge in [-0.2, -0.15) is 0 Å². The van der Waals surface area contributed by atoms with Crippen molar-refractivity contribution in [1.29, 1.82) is 0 Å². The fourth-order valence-electron chi connectivity index (χ4n) is 0.916. The van der Waals surface area contributed by atoms with Crippen LogP contribution in [0.4, 0.5) is 5.82 Å². The lowest BCUT2D eigenvalue weighted by Gasteiger charge is -2.17. The predicted octanol–water partition coefficient (Wildman–Crippen LogP) is 0.325. The molecule has 1 heterocycles. The molecular formula is C10H15BN2O. The minimum atomic E-state index is -0.384. The van der Waals surface area contributed by atoms with Crippen LogP contribution in [0.5, 0.6) is 0 Å². The van der Waals surface area contributed by atoms with Crippen LogP contribution in [0.3, 0.4) is 0 Å². The number of anilines is 1. The van der Waals surface area contributed by atoms with E-state index < -0.39 is 0 Å². The minimum Gasteiger partial charge on any atom is -0.310 e. The van der Waals surface area contributed by atoms with Crippen LogP contribution in [-0.4, -0.2) is 18.7 Å². The highest BCUT2D eigenvalue weighted by atomic mass is 16.2. The van der Waals surface area contributed by atoms with Gasteiger partial charge in [0.25, 0.3) is 0 Å². The zero-order valence-corrected chi connectivity index (χ0v) is 9.09. The summed E-state index contributed by atoms with van der Waals surface area (Å²) in [5.74, 6) is 0.598. The lowest BCUT2D eigenvalue weighted by Crippen LogP contribution is -2.28. The normalized spacial score (nSPS) is 11.1. The number of hydrogen-bond donors (Lipinski definition) is 1. The van der Waals surface area contributed by atoms with Crippen LogP contribution in [0.1, 0.15) is 20.8 Å². The average molecular weight is 190 g/mol. The molecule has 0 aromatic carbocycles. The van der Waals surface area contributed by atoms with Gasteiger partial charge >= 0.3 is 0 Å². The first kappa shape index (κ1) is 10.8. The second kappa shape index (κ2) is 3.82. The molecule has 4 heteroatoms. The van der Waals surface area contributed by atoms with Crippen molar-refractivity contribution in [2.45, 2.75) is 20.8 Å². The maximum Gasteiger partial charge on any atom is 0.230 e. The van der Waals surface area contributed by atoms with Crippen LogP contribution >= 0.6 is 0 Å². The molecule has 0 aliphatic carbocycles. The molecule has 1 rings (SSSR count). The maximum absolute atomic E-state index is 11.6. The van der Waals surface area contributed by atoms with Crippen LogP contribution in [-0.2, 0) is 4.79 Å². The third-order valence-electron chi connectivity index (χ3n) is 1.81. The van der Waals surface area contributed by atoms with E-state index in [-0.39, 0.29) is 11.3 Å². The van der Waals surface area contributed by atoms with Gasteiger partial charge in [-0.05, 0) is 11.7 Å². The van der Waals surface area contributed by atoms with Crippen molar-refractivity contribution in [1.82, 2.24) is 4.98 Å². The van der Waals surface area contributed by atoms with Gasteiger partial charge in [0.2, 0.25) is 5.91 Å². The Bertz CT molecular complexity index is 344. The smallest absolute Gasteiger partial charge is 0.230 e. The van der Waals surface area contributed by atoms with Gasteiger partial charge in [0.05, 0.1) is 0 Å². The van der Waals surface area contributed by atoms with Crippen molar-refractivity contribution in [2.75, 3.05) is 5.32 Å². The standard InChI is InChI=1S/C10H15BN2O/c1-10(2,3)9(14)13-8-6-4-5-7(11)12-8/h4-6H,11H2,1-3H3,(H,12,13,14). The zero-order chi connectivity index (χ0) is 10.8. The molecule has 0 saturated heterocycles. The number of carbonyl (C=O) groups excluding carboxylic acids is 1. The van der Waals surface area contributed by atoms with E-state index in [1.54, 1.807) is 6.07 Å². The average Bonchev–Trinajstić information content (AvgIpc) is 2.02. The van der Waals surface area contributed by atoms with E-state index in [4.69, 9.17) is 0 Å². The van der Waals surface area contributed by atoms with E-state index in [0.717, 1.165) is 5.59 Å². The molecule has 1 aromatic heterocycles. The van der Waals surface area contributed by atoms with Crippen LogP contribution in [0.2, 0.25) is 0 Å². The number of aromatic nitrogens is 1.